The first kappa shape index (κ1) is 33.4. The predicted molar refractivity (Wildman–Crippen MR) is 152 cm³/mol. The summed E-state index contributed by atoms with van der Waals surface area (Å²) in [5, 5.41) is 3.20. The molecule has 1 atom stereocenters. The second kappa shape index (κ2) is 28.6. The monoisotopic (exact) mass is 479 g/mol. The van der Waals surface area contributed by atoms with Crippen LogP contribution >= 0.6 is 0 Å². The minimum Gasteiger partial charge on any atom is -0.351 e. The Bertz CT molecular complexity index is 447. The number of ether oxygens (including phenoxy) is 2. The molecule has 3 heteroatoms. The van der Waals surface area contributed by atoms with Gasteiger partial charge in [0.25, 0.3) is 0 Å². The maximum absolute atomic E-state index is 5.98. The molecule has 0 aliphatic heterocycles. The summed E-state index contributed by atoms with van der Waals surface area (Å²) >= 11 is 0. The molecule has 1 N–H and O–H groups in total. The molecule has 0 radical (unpaired) electrons. The van der Waals surface area contributed by atoms with E-state index in [2.05, 4.69) is 44.3 Å². The lowest BCUT2D eigenvalue weighted by Crippen LogP contribution is -2.30. The summed E-state index contributed by atoms with van der Waals surface area (Å²) in [7, 11) is 1.97. The van der Waals surface area contributed by atoms with Crippen molar-refractivity contribution in [3.8, 4) is 0 Å². The lowest BCUT2D eigenvalue weighted by Gasteiger charge is -2.18. The van der Waals surface area contributed by atoms with Crippen molar-refractivity contribution in [2.24, 2.45) is 0 Å². The van der Waals surface area contributed by atoms with Crippen molar-refractivity contribution in [1.29, 1.82) is 0 Å². The standard InChI is InChI=1S/C31H61NO2/c1-5-7-9-11-13-17-21-25-30(3)26-22-18-14-16-20-24-28-34-31(29-32-4)33-27-23-19-15-12-10-8-6-2/h13,17,25,31-32H,5-12,14-16,18-24,26-29H2,1-4H3/b17-13-,30-25-. The minimum atomic E-state index is -0.0916. The third kappa shape index (κ3) is 26.0. The van der Waals surface area contributed by atoms with Crippen LogP contribution in [-0.4, -0.2) is 33.1 Å². The maximum Gasteiger partial charge on any atom is 0.169 e. The van der Waals surface area contributed by atoms with Crippen LogP contribution in [0, 0.1) is 0 Å². The molecule has 0 aliphatic carbocycles. The zero-order valence-electron chi connectivity index (χ0n) is 23.7. The highest BCUT2D eigenvalue weighted by molar-refractivity contribution is 5.02. The SMILES string of the molecule is CCCCC/C=C\C/C=C(/C)CCCCCCCCOC(CNC)OCCCCCCCCC. The lowest BCUT2D eigenvalue weighted by molar-refractivity contribution is -0.140. The van der Waals surface area contributed by atoms with E-state index < -0.39 is 0 Å². The Hall–Kier alpha value is -0.640. The summed E-state index contributed by atoms with van der Waals surface area (Å²) in [5.41, 5.74) is 1.55. The Kier molecular flexibility index (Phi) is 28.1. The molecule has 0 rings (SSSR count). The van der Waals surface area contributed by atoms with E-state index in [-0.39, 0.29) is 6.29 Å². The van der Waals surface area contributed by atoms with Gasteiger partial charge < -0.3 is 14.8 Å². The second-order valence-corrected chi connectivity index (χ2v) is 9.97. The molecule has 3 nitrogen and oxygen atoms in total. The van der Waals surface area contributed by atoms with E-state index in [1.807, 2.05) is 7.05 Å². The molecule has 0 bridgehead atoms. The molecule has 1 unspecified atom stereocenters. The van der Waals surface area contributed by atoms with Gasteiger partial charge in [-0.05, 0) is 58.9 Å². The van der Waals surface area contributed by atoms with Crippen LogP contribution < -0.4 is 5.32 Å². The van der Waals surface area contributed by atoms with E-state index in [0.29, 0.717) is 0 Å². The predicted octanol–water partition coefficient (Wildman–Crippen LogP) is 9.52. The van der Waals surface area contributed by atoms with Gasteiger partial charge in [-0.15, -0.1) is 0 Å². The van der Waals surface area contributed by atoms with E-state index in [9.17, 15) is 0 Å². The smallest absolute Gasteiger partial charge is 0.169 e. The van der Waals surface area contributed by atoms with E-state index in [1.54, 1.807) is 5.57 Å². The molecule has 0 aromatic rings. The van der Waals surface area contributed by atoms with Gasteiger partial charge in [-0.1, -0.05) is 115 Å². The average molecular weight is 480 g/mol. The van der Waals surface area contributed by atoms with E-state index in [0.717, 1.165) is 39.0 Å². The van der Waals surface area contributed by atoms with Crippen LogP contribution in [0.5, 0.6) is 0 Å². The molecule has 202 valence electrons. The Balaban J connectivity index is 3.55. The van der Waals surface area contributed by atoms with Crippen molar-refractivity contribution in [2.75, 3.05) is 26.8 Å². The third-order valence-electron chi connectivity index (χ3n) is 6.44. The first-order chi connectivity index (χ1) is 16.7. The van der Waals surface area contributed by atoms with Crippen LogP contribution in [0.3, 0.4) is 0 Å². The van der Waals surface area contributed by atoms with Crippen LogP contribution in [0.4, 0.5) is 0 Å². The fraction of sp³-hybridized carbons (Fsp3) is 0.871. The molecule has 0 saturated carbocycles. The van der Waals surface area contributed by atoms with Gasteiger partial charge in [0.1, 0.15) is 0 Å². The third-order valence-corrected chi connectivity index (χ3v) is 6.44. The molecule has 0 fully saturated rings. The number of rotatable bonds is 27. The molecule has 0 amide bonds. The summed E-state index contributed by atoms with van der Waals surface area (Å²) in [6, 6.07) is 0. The average Bonchev–Trinajstić information content (AvgIpc) is 2.83. The van der Waals surface area contributed by atoms with Gasteiger partial charge in [0.05, 0.1) is 0 Å². The van der Waals surface area contributed by atoms with Gasteiger partial charge in [0, 0.05) is 19.8 Å². The highest BCUT2D eigenvalue weighted by Gasteiger charge is 2.07. The van der Waals surface area contributed by atoms with Gasteiger partial charge in [-0.3, -0.25) is 0 Å². The van der Waals surface area contributed by atoms with Crippen molar-refractivity contribution in [3.05, 3.63) is 23.8 Å². The van der Waals surface area contributed by atoms with Crippen LogP contribution in [-0.2, 0) is 9.47 Å². The largest absolute Gasteiger partial charge is 0.351 e. The summed E-state index contributed by atoms with van der Waals surface area (Å²) in [6.45, 7) is 9.24. The van der Waals surface area contributed by atoms with Gasteiger partial charge in [0.2, 0.25) is 0 Å². The molecular formula is C31H61NO2. The molecule has 0 spiro atoms. The van der Waals surface area contributed by atoms with Crippen molar-refractivity contribution >= 4 is 0 Å². The first-order valence-corrected chi connectivity index (χ1v) is 14.9. The number of allylic oxidation sites excluding steroid dienone is 4. The van der Waals surface area contributed by atoms with Crippen molar-refractivity contribution < 1.29 is 9.47 Å². The molecule has 0 aromatic carbocycles. The summed E-state index contributed by atoms with van der Waals surface area (Å²) in [6.07, 6.45) is 31.6. The fourth-order valence-electron chi connectivity index (χ4n) is 4.13. The van der Waals surface area contributed by atoms with E-state index in [4.69, 9.17) is 9.47 Å². The summed E-state index contributed by atoms with van der Waals surface area (Å²) < 4.78 is 11.9. The second-order valence-electron chi connectivity index (χ2n) is 9.97. The molecule has 34 heavy (non-hydrogen) atoms. The van der Waals surface area contributed by atoms with Crippen LogP contribution in [0.15, 0.2) is 23.8 Å². The normalized spacial score (nSPS) is 13.2. The molecule has 0 aliphatic rings. The number of hydrogen-bond donors (Lipinski definition) is 1. The van der Waals surface area contributed by atoms with Crippen molar-refractivity contribution in [1.82, 2.24) is 5.32 Å². The zero-order chi connectivity index (χ0) is 25.0. The lowest BCUT2D eigenvalue weighted by atomic mass is 10.1. The summed E-state index contributed by atoms with van der Waals surface area (Å²) in [4.78, 5) is 0. The van der Waals surface area contributed by atoms with Crippen LogP contribution in [0.25, 0.3) is 0 Å². The van der Waals surface area contributed by atoms with Gasteiger partial charge in [-0.2, -0.15) is 0 Å². The molecule has 0 aromatic heterocycles. The Morgan fingerprint density at radius 2 is 1.21 bits per heavy atom. The Morgan fingerprint density at radius 1 is 0.676 bits per heavy atom. The van der Waals surface area contributed by atoms with Crippen LogP contribution in [0.2, 0.25) is 0 Å². The van der Waals surface area contributed by atoms with Gasteiger partial charge >= 0.3 is 0 Å². The zero-order valence-corrected chi connectivity index (χ0v) is 23.7. The van der Waals surface area contributed by atoms with Gasteiger partial charge in [0.15, 0.2) is 6.29 Å². The van der Waals surface area contributed by atoms with E-state index in [1.165, 1.54) is 103 Å². The van der Waals surface area contributed by atoms with Crippen molar-refractivity contribution in [2.45, 2.75) is 149 Å². The number of hydrogen-bond acceptors (Lipinski definition) is 3. The fourth-order valence-corrected chi connectivity index (χ4v) is 4.13. The Labute approximate surface area is 214 Å². The number of unbranched alkanes of at least 4 members (excludes halogenated alkanes) is 14. The maximum atomic E-state index is 5.98. The van der Waals surface area contributed by atoms with E-state index >= 15 is 0 Å². The molecular weight excluding hydrogens is 418 g/mol. The minimum absolute atomic E-state index is 0.0916. The van der Waals surface area contributed by atoms with Gasteiger partial charge in [-0.25, -0.2) is 0 Å². The highest BCUT2D eigenvalue weighted by Crippen LogP contribution is 2.13. The number of nitrogens with one attached hydrogen (secondary N) is 1. The number of likely N-dealkylation sites (N-methyl/N-ethyl adjacent to an activating group) is 1. The first-order valence-electron chi connectivity index (χ1n) is 14.9. The summed E-state index contributed by atoms with van der Waals surface area (Å²) in [5.74, 6) is 0. The highest BCUT2D eigenvalue weighted by atomic mass is 16.7. The molecule has 0 saturated heterocycles. The Morgan fingerprint density at radius 3 is 1.79 bits per heavy atom. The van der Waals surface area contributed by atoms with Crippen molar-refractivity contribution in [3.63, 3.8) is 0 Å². The van der Waals surface area contributed by atoms with Crippen LogP contribution in [0.1, 0.15) is 143 Å². The quantitative estimate of drug-likeness (QED) is 0.0722. The topological polar surface area (TPSA) is 30.5 Å². The molecule has 0 heterocycles.